The van der Waals surface area contributed by atoms with E-state index < -0.39 is 0 Å². The zero-order valence-electron chi connectivity index (χ0n) is 22.5. The van der Waals surface area contributed by atoms with E-state index in [1.54, 1.807) is 23.5 Å². The number of benzene rings is 2. The average Bonchev–Trinajstić information content (AvgIpc) is 3.61. The smallest absolute Gasteiger partial charge is 0.253 e. The molecule has 9 heteroatoms. The molecule has 0 atom stereocenters. The van der Waals surface area contributed by atoms with Crippen LogP contribution in [0.1, 0.15) is 61.3 Å². The highest BCUT2D eigenvalue weighted by Crippen LogP contribution is 2.41. The van der Waals surface area contributed by atoms with Crippen LogP contribution >= 0.6 is 11.3 Å². The van der Waals surface area contributed by atoms with Crippen LogP contribution in [0.25, 0.3) is 21.8 Å². The van der Waals surface area contributed by atoms with Gasteiger partial charge in [-0.25, -0.2) is 9.37 Å². The highest BCUT2D eigenvalue weighted by molar-refractivity contribution is 7.13. The predicted molar refractivity (Wildman–Crippen MR) is 153 cm³/mol. The fraction of sp³-hybridized carbons (Fsp3) is 0.333. The highest BCUT2D eigenvalue weighted by Gasteiger charge is 2.30. The lowest BCUT2D eigenvalue weighted by Crippen LogP contribution is -2.38. The number of nitrogens with zero attached hydrogens (tertiary/aromatic N) is 3. The molecule has 1 aliphatic rings. The molecule has 0 saturated carbocycles. The largest absolute Gasteiger partial charge is 0.357 e. The molecule has 5 rings (SSSR count). The molecule has 0 bridgehead atoms. The number of aromatic nitrogens is 3. The predicted octanol–water partition coefficient (Wildman–Crippen LogP) is 6.06. The van der Waals surface area contributed by atoms with Crippen LogP contribution in [0.3, 0.4) is 0 Å². The fourth-order valence-electron chi connectivity index (χ4n) is 4.54. The fourth-order valence-corrected chi connectivity index (χ4v) is 5.50. The van der Waals surface area contributed by atoms with Gasteiger partial charge in [0.25, 0.3) is 5.91 Å². The maximum absolute atomic E-state index is 13.5. The van der Waals surface area contributed by atoms with Gasteiger partial charge in [-0.1, -0.05) is 25.1 Å². The third kappa shape index (κ3) is 6.97. The molecule has 0 radical (unpaired) electrons. The van der Waals surface area contributed by atoms with E-state index in [1.165, 1.54) is 12.1 Å². The van der Waals surface area contributed by atoms with Crippen LogP contribution < -0.4 is 5.32 Å². The second-order valence-electron chi connectivity index (χ2n) is 9.74. The number of carbonyl (C=O) groups excluding carboxylic acids is 2. The summed E-state index contributed by atoms with van der Waals surface area (Å²) in [4.78, 5) is 29.1. The standard InChI is InChI=1S/C26H25FN4OS.C4H9NO/c1-2-21-16-33-25(28-21)22-23(17-8-10-20(27)11-9-17)29-30-24(22)18-12-14-31(15-13-18)26(32)19-6-4-3-5-7-19;1-4(2)5-3-6/h3-11,16,18H,2,12-15H2,1H3,(H,29,30);3-4H,1-2H3,(H,5,6). The van der Waals surface area contributed by atoms with Crippen LogP contribution in [-0.2, 0) is 11.2 Å². The number of H-pyrrole nitrogens is 1. The average molecular weight is 548 g/mol. The highest BCUT2D eigenvalue weighted by atomic mass is 32.1. The van der Waals surface area contributed by atoms with Crippen molar-refractivity contribution in [2.75, 3.05) is 13.1 Å². The third-order valence-electron chi connectivity index (χ3n) is 6.65. The van der Waals surface area contributed by atoms with Gasteiger partial charge >= 0.3 is 0 Å². The van der Waals surface area contributed by atoms with Gasteiger partial charge in [-0.2, -0.15) is 5.10 Å². The molecule has 4 aromatic rings. The summed E-state index contributed by atoms with van der Waals surface area (Å²) in [5.74, 6) is 0.0583. The maximum Gasteiger partial charge on any atom is 0.253 e. The van der Waals surface area contributed by atoms with Crippen molar-refractivity contribution in [3.8, 4) is 21.8 Å². The summed E-state index contributed by atoms with van der Waals surface area (Å²) in [5, 5.41) is 13.5. The molecule has 39 heavy (non-hydrogen) atoms. The monoisotopic (exact) mass is 547 g/mol. The van der Waals surface area contributed by atoms with Crippen LogP contribution in [0, 0.1) is 5.82 Å². The molecule has 2 aromatic carbocycles. The van der Waals surface area contributed by atoms with Gasteiger partial charge in [-0.3, -0.25) is 14.7 Å². The summed E-state index contributed by atoms with van der Waals surface area (Å²) in [6, 6.07) is 16.2. The van der Waals surface area contributed by atoms with Crippen LogP contribution in [0.4, 0.5) is 4.39 Å². The van der Waals surface area contributed by atoms with Crippen molar-refractivity contribution in [2.45, 2.75) is 52.0 Å². The minimum absolute atomic E-state index is 0.0818. The van der Waals surface area contributed by atoms with E-state index in [1.807, 2.05) is 49.1 Å². The number of halogens is 1. The van der Waals surface area contributed by atoms with Gasteiger partial charge in [-0.05, 0) is 69.5 Å². The summed E-state index contributed by atoms with van der Waals surface area (Å²) in [6.07, 6.45) is 3.27. The Balaban J connectivity index is 0.000000531. The van der Waals surface area contributed by atoms with Crippen molar-refractivity contribution in [3.05, 3.63) is 82.7 Å². The van der Waals surface area contributed by atoms with Crippen LogP contribution in [0.15, 0.2) is 60.0 Å². The lowest BCUT2D eigenvalue weighted by Gasteiger charge is -2.32. The number of likely N-dealkylation sites (tertiary alicyclic amines) is 1. The van der Waals surface area contributed by atoms with Crippen LogP contribution in [-0.4, -0.2) is 51.5 Å². The molecule has 3 heterocycles. The first-order valence-corrected chi connectivity index (χ1v) is 14.1. The molecular formula is C30H34FN5O2S. The van der Waals surface area contributed by atoms with Gasteiger partial charge in [0.05, 0.1) is 11.3 Å². The molecule has 2 amide bonds. The van der Waals surface area contributed by atoms with E-state index in [0.29, 0.717) is 19.5 Å². The first-order chi connectivity index (χ1) is 18.9. The van der Waals surface area contributed by atoms with E-state index in [9.17, 15) is 14.0 Å². The number of aryl methyl sites for hydroxylation is 1. The van der Waals surface area contributed by atoms with Crippen LogP contribution in [0.2, 0.25) is 0 Å². The molecule has 0 spiro atoms. The quantitative estimate of drug-likeness (QED) is 0.275. The van der Waals surface area contributed by atoms with E-state index in [2.05, 4.69) is 27.8 Å². The molecule has 1 fully saturated rings. The van der Waals surface area contributed by atoms with Crippen molar-refractivity contribution in [1.82, 2.24) is 25.4 Å². The molecule has 7 nitrogen and oxygen atoms in total. The minimum Gasteiger partial charge on any atom is -0.357 e. The summed E-state index contributed by atoms with van der Waals surface area (Å²) in [6.45, 7) is 7.31. The number of nitrogens with one attached hydrogen (secondary N) is 2. The van der Waals surface area contributed by atoms with Gasteiger partial charge in [-0.15, -0.1) is 11.3 Å². The summed E-state index contributed by atoms with van der Waals surface area (Å²) in [5.41, 5.74) is 5.49. The van der Waals surface area contributed by atoms with Gasteiger partial charge in [0.15, 0.2) is 0 Å². The number of aromatic amines is 1. The molecule has 1 saturated heterocycles. The van der Waals surface area contributed by atoms with Gasteiger partial charge in [0.2, 0.25) is 6.41 Å². The van der Waals surface area contributed by atoms with Gasteiger partial charge < -0.3 is 10.2 Å². The Bertz CT molecular complexity index is 1360. The van der Waals surface area contributed by atoms with E-state index in [4.69, 9.17) is 4.98 Å². The van der Waals surface area contributed by atoms with Crippen molar-refractivity contribution in [2.24, 2.45) is 0 Å². The normalized spacial score (nSPS) is 13.6. The number of amides is 2. The van der Waals surface area contributed by atoms with Gasteiger partial charge in [0.1, 0.15) is 16.5 Å². The van der Waals surface area contributed by atoms with Gasteiger partial charge in [0, 0.05) is 47.3 Å². The van der Waals surface area contributed by atoms with Crippen molar-refractivity contribution < 1.29 is 14.0 Å². The third-order valence-corrected chi connectivity index (χ3v) is 7.56. The first-order valence-electron chi connectivity index (χ1n) is 13.2. The Morgan fingerprint density at radius 1 is 1.15 bits per heavy atom. The zero-order chi connectivity index (χ0) is 27.8. The van der Waals surface area contributed by atoms with E-state index in [-0.39, 0.29) is 23.7 Å². The van der Waals surface area contributed by atoms with Crippen molar-refractivity contribution in [1.29, 1.82) is 0 Å². The molecule has 2 aromatic heterocycles. The lowest BCUT2D eigenvalue weighted by molar-refractivity contribution is -0.109. The molecule has 204 valence electrons. The molecular weight excluding hydrogens is 513 g/mol. The Morgan fingerprint density at radius 2 is 1.85 bits per heavy atom. The summed E-state index contributed by atoms with van der Waals surface area (Å²) in [7, 11) is 0. The molecule has 0 unspecified atom stereocenters. The molecule has 2 N–H and O–H groups in total. The summed E-state index contributed by atoms with van der Waals surface area (Å²) < 4.78 is 13.5. The maximum atomic E-state index is 13.5. The minimum atomic E-state index is -0.269. The SMILES string of the molecule is CC(C)NC=O.CCc1csc(-c2c(-c3ccc(F)cc3)n[nH]c2C2CCN(C(=O)c3ccccc3)CC2)n1. The summed E-state index contributed by atoms with van der Waals surface area (Å²) >= 11 is 1.62. The first kappa shape index (κ1) is 28.2. The Morgan fingerprint density at radius 3 is 2.41 bits per heavy atom. The number of piperidine rings is 1. The topological polar surface area (TPSA) is 91.0 Å². The van der Waals surface area contributed by atoms with Crippen molar-refractivity contribution >= 4 is 23.7 Å². The molecule has 1 aliphatic heterocycles. The second kappa shape index (κ2) is 13.3. The Kier molecular flexibility index (Phi) is 9.59. The van der Waals surface area contributed by atoms with Crippen molar-refractivity contribution in [3.63, 3.8) is 0 Å². The number of carbonyl (C=O) groups is 2. The second-order valence-corrected chi connectivity index (χ2v) is 10.6. The van der Waals surface area contributed by atoms with Crippen LogP contribution in [0.5, 0.6) is 0 Å². The van der Waals surface area contributed by atoms with E-state index in [0.717, 1.165) is 58.0 Å². The number of hydrogen-bond acceptors (Lipinski definition) is 5. The molecule has 0 aliphatic carbocycles. The number of hydrogen-bond donors (Lipinski definition) is 2. The number of thiazole rings is 1. The van der Waals surface area contributed by atoms with E-state index >= 15 is 0 Å². The Hall–Kier alpha value is -3.85. The number of rotatable bonds is 7. The lowest BCUT2D eigenvalue weighted by atomic mass is 9.89. The zero-order valence-corrected chi connectivity index (χ0v) is 23.3. The Labute approximate surface area is 232 Å².